The first-order chi connectivity index (χ1) is 16.5. The van der Waals surface area contributed by atoms with Crippen molar-refractivity contribution in [3.8, 4) is 5.75 Å². The zero-order valence-corrected chi connectivity index (χ0v) is 23.4. The molecular weight excluding hydrogens is 454 g/mol. The van der Waals surface area contributed by atoms with Crippen LogP contribution in [0.1, 0.15) is 56.1 Å². The van der Waals surface area contributed by atoms with Gasteiger partial charge in [-0.25, -0.2) is 0 Å². The van der Waals surface area contributed by atoms with E-state index in [2.05, 4.69) is 81.0 Å². The van der Waals surface area contributed by atoms with Crippen LogP contribution >= 0.6 is 0 Å². The average Bonchev–Trinajstić information content (AvgIpc) is 3.19. The number of amides is 1. The molecule has 3 rings (SSSR count). The van der Waals surface area contributed by atoms with Gasteiger partial charge in [-0.1, -0.05) is 51.1 Å². The van der Waals surface area contributed by atoms with Crippen molar-refractivity contribution in [3.63, 3.8) is 0 Å². The van der Waals surface area contributed by atoms with Crippen molar-refractivity contribution in [1.29, 1.82) is 0 Å². The molecule has 2 aromatic carbocycles. The molecule has 0 aromatic heterocycles. The van der Waals surface area contributed by atoms with Gasteiger partial charge in [-0.15, -0.1) is 0 Å². The minimum atomic E-state index is -0.853. The Hall–Kier alpha value is -2.35. The van der Waals surface area contributed by atoms with Gasteiger partial charge in [-0.05, 0) is 49.5 Å². The minimum absolute atomic E-state index is 0.0966. The van der Waals surface area contributed by atoms with Crippen LogP contribution in [0, 0.1) is 11.3 Å². The molecule has 0 spiro atoms. The third-order valence-corrected chi connectivity index (χ3v) is 7.61. The number of nitrogens with two attached hydrogens (primary N) is 1. The summed E-state index contributed by atoms with van der Waals surface area (Å²) in [6.07, 6.45) is 1.26. The highest BCUT2D eigenvalue weighted by Crippen LogP contribution is 2.41. The fraction of sp³-hybridized carbons (Fsp3) is 0.536. The lowest BCUT2D eigenvalue weighted by Crippen LogP contribution is -2.45. The Morgan fingerprint density at radius 1 is 1.20 bits per heavy atom. The first-order valence-corrected chi connectivity index (χ1v) is 15.0. The molecule has 0 aliphatic carbocycles. The zero-order chi connectivity index (χ0) is 25.8. The second kappa shape index (κ2) is 11.6. The van der Waals surface area contributed by atoms with Gasteiger partial charge >= 0.3 is 0 Å². The largest absolute Gasteiger partial charge is 0.493 e. The van der Waals surface area contributed by atoms with Gasteiger partial charge < -0.3 is 19.8 Å². The molecule has 0 saturated carbocycles. The first kappa shape index (κ1) is 27.2. The minimum Gasteiger partial charge on any atom is -0.493 e. The molecule has 1 unspecified atom stereocenters. The van der Waals surface area contributed by atoms with Crippen molar-refractivity contribution >= 4 is 20.6 Å². The van der Waals surface area contributed by atoms with Crippen molar-refractivity contribution in [2.45, 2.75) is 59.5 Å². The number of rotatable bonds is 10. The van der Waals surface area contributed by atoms with Crippen molar-refractivity contribution in [2.24, 2.45) is 17.1 Å². The van der Waals surface area contributed by atoms with Crippen molar-refractivity contribution < 1.29 is 14.0 Å². The Labute approximate surface area is 213 Å². The first-order valence-electron chi connectivity index (χ1n) is 12.6. The van der Waals surface area contributed by atoms with Crippen LogP contribution in [0.3, 0.4) is 0 Å². The van der Waals surface area contributed by atoms with E-state index in [1.165, 1.54) is 5.56 Å². The van der Waals surface area contributed by atoms with E-state index >= 15 is 0 Å². The number of primary amides is 1. The Bertz CT molecular complexity index is 977. The van der Waals surface area contributed by atoms with Gasteiger partial charge in [0.25, 0.3) is 5.91 Å². The molecule has 1 radical (unpaired) electrons. The number of likely N-dealkylation sites (tertiary alicyclic amines) is 1. The average molecular weight is 497 g/mol. The third-order valence-electron chi connectivity index (χ3n) is 6.90. The number of nitrogens with zero attached hydrogens (tertiary/aromatic N) is 2. The molecule has 1 heterocycles. The van der Waals surface area contributed by atoms with E-state index in [1.54, 1.807) is 6.07 Å². The van der Waals surface area contributed by atoms with Gasteiger partial charge in [-0.2, -0.15) is 0 Å². The highest BCUT2D eigenvalue weighted by Gasteiger charge is 2.42. The lowest BCUT2D eigenvalue weighted by molar-refractivity contribution is -0.00814. The van der Waals surface area contributed by atoms with Crippen LogP contribution in [0.4, 0.5) is 5.69 Å². The normalized spacial score (nSPS) is 19.7. The van der Waals surface area contributed by atoms with Crippen LogP contribution in [0.5, 0.6) is 5.75 Å². The van der Waals surface area contributed by atoms with E-state index < -0.39 is 14.9 Å². The molecule has 1 saturated heterocycles. The number of carbonyl (C=O) groups is 1. The second-order valence-corrected chi connectivity index (χ2v) is 12.7. The smallest absolute Gasteiger partial charge is 0.252 e. The summed E-state index contributed by atoms with van der Waals surface area (Å²) in [5.41, 5.74) is 8.39. The fourth-order valence-electron chi connectivity index (χ4n) is 5.02. The molecular formula is C28H42N3O3Si. The molecule has 1 aliphatic rings. The Morgan fingerprint density at radius 3 is 2.46 bits per heavy atom. The maximum absolute atomic E-state index is 11.9. The summed E-state index contributed by atoms with van der Waals surface area (Å²) in [5.74, 6) is 0.531. The molecule has 2 N–H and O–H groups in total. The monoisotopic (exact) mass is 496 g/mol. The summed E-state index contributed by atoms with van der Waals surface area (Å²) in [4.78, 5) is 16.7. The van der Waals surface area contributed by atoms with Crippen LogP contribution in [0.15, 0.2) is 48.5 Å². The summed E-state index contributed by atoms with van der Waals surface area (Å²) < 4.78 is 12.4. The maximum Gasteiger partial charge on any atom is 0.252 e. The molecule has 7 heteroatoms. The van der Waals surface area contributed by atoms with Crippen LogP contribution in [-0.2, 0) is 4.43 Å². The quantitative estimate of drug-likeness (QED) is 0.451. The molecule has 1 amide bonds. The van der Waals surface area contributed by atoms with Gasteiger partial charge in [0.15, 0.2) is 0 Å². The Balaban J connectivity index is 1.96. The van der Waals surface area contributed by atoms with E-state index in [0.717, 1.165) is 25.2 Å². The number of likely N-dealkylation sites (N-methyl/N-ethyl adjacent to an activating group) is 1. The van der Waals surface area contributed by atoms with Crippen LogP contribution in [0.2, 0.25) is 13.1 Å². The number of hydrogen-bond donors (Lipinski definition) is 1. The van der Waals surface area contributed by atoms with Crippen molar-refractivity contribution in [1.82, 2.24) is 4.90 Å². The highest BCUT2D eigenvalue weighted by atomic mass is 28.3. The summed E-state index contributed by atoms with van der Waals surface area (Å²) in [7, 11) is 1.25. The molecule has 3 atom stereocenters. The highest BCUT2D eigenvalue weighted by molar-refractivity contribution is 6.48. The van der Waals surface area contributed by atoms with Crippen molar-refractivity contribution in [2.75, 3.05) is 31.6 Å². The van der Waals surface area contributed by atoms with E-state index in [4.69, 9.17) is 14.9 Å². The summed E-state index contributed by atoms with van der Waals surface area (Å²) >= 11 is 0. The maximum atomic E-state index is 11.9. The van der Waals surface area contributed by atoms with E-state index in [-0.39, 0.29) is 17.7 Å². The van der Waals surface area contributed by atoms with E-state index in [0.29, 0.717) is 23.8 Å². The van der Waals surface area contributed by atoms with Crippen LogP contribution in [0.25, 0.3) is 0 Å². The number of anilines is 1. The molecule has 35 heavy (non-hydrogen) atoms. The Morgan fingerprint density at radius 2 is 1.89 bits per heavy atom. The number of carbonyl (C=O) groups excluding carboxylic acids is 1. The van der Waals surface area contributed by atoms with Crippen LogP contribution in [-0.4, -0.2) is 52.8 Å². The molecule has 6 nitrogen and oxygen atoms in total. The number of benzene rings is 2. The van der Waals surface area contributed by atoms with Crippen molar-refractivity contribution in [3.05, 3.63) is 59.7 Å². The van der Waals surface area contributed by atoms with Gasteiger partial charge in [0.05, 0.1) is 18.2 Å². The summed E-state index contributed by atoms with van der Waals surface area (Å²) in [5, 5.41) is 0. The summed E-state index contributed by atoms with van der Waals surface area (Å²) in [6.45, 7) is 15.6. The molecule has 0 bridgehead atoms. The van der Waals surface area contributed by atoms with Gasteiger partial charge in [0, 0.05) is 37.8 Å². The molecule has 191 valence electrons. The van der Waals surface area contributed by atoms with E-state index in [1.807, 2.05) is 19.1 Å². The zero-order valence-electron chi connectivity index (χ0n) is 22.4. The summed E-state index contributed by atoms with van der Waals surface area (Å²) in [6, 6.07) is 16.3. The lowest BCUT2D eigenvalue weighted by atomic mass is 9.79. The number of ether oxygens (including phenoxy) is 1. The lowest BCUT2D eigenvalue weighted by Gasteiger charge is -2.39. The van der Waals surface area contributed by atoms with Gasteiger partial charge in [0.1, 0.15) is 12.0 Å². The fourth-order valence-corrected chi connectivity index (χ4v) is 5.82. The molecule has 1 aliphatic heterocycles. The second-order valence-electron chi connectivity index (χ2n) is 10.7. The third kappa shape index (κ3) is 6.66. The van der Waals surface area contributed by atoms with E-state index in [9.17, 15) is 4.79 Å². The SMILES string of the molecule is CCOc1cc(N(C)[C@H](CN2CC[C@@H](C(C)(C)C)C2O[Si](C)C)c2ccccc2)ccc1C(N)=O. The molecule has 2 aromatic rings. The van der Waals surface area contributed by atoms with Gasteiger partial charge in [-0.3, -0.25) is 9.69 Å². The molecule has 1 fully saturated rings. The number of hydrogen-bond acceptors (Lipinski definition) is 5. The Kier molecular flexibility index (Phi) is 9.02. The van der Waals surface area contributed by atoms with Gasteiger partial charge in [0.2, 0.25) is 9.04 Å². The predicted octanol–water partition coefficient (Wildman–Crippen LogP) is 5.32. The topological polar surface area (TPSA) is 68.0 Å². The van der Waals surface area contributed by atoms with Crippen LogP contribution < -0.4 is 15.4 Å². The standard InChI is InChI=1S/C28H42N3O3Si/c1-8-33-25-18-21(14-15-22(25)26(29)32)30(5)24(20-12-10-9-11-13-20)19-31-17-16-23(28(2,3)4)27(31)34-35(6)7/h9-15,18,23-24,27H,8,16-17,19H2,1-7H3,(H2,29,32)/t23-,24-,27?/m1/s1. The predicted molar refractivity (Wildman–Crippen MR) is 145 cm³/mol.